The van der Waals surface area contributed by atoms with Crippen molar-refractivity contribution in [3.05, 3.63) is 46.5 Å². The van der Waals surface area contributed by atoms with Gasteiger partial charge in [-0.25, -0.2) is 13.8 Å². The summed E-state index contributed by atoms with van der Waals surface area (Å²) in [6, 6.07) is 2.79. The minimum atomic E-state index is -0.913. The van der Waals surface area contributed by atoms with Gasteiger partial charge in [-0.3, -0.25) is 19.0 Å². The van der Waals surface area contributed by atoms with Gasteiger partial charge in [-0.2, -0.15) is 4.98 Å². The highest BCUT2D eigenvalue weighted by Crippen LogP contribution is 2.29. The molecule has 174 valence electrons. The van der Waals surface area contributed by atoms with Gasteiger partial charge in [0.1, 0.15) is 29.2 Å². The zero-order valence-electron chi connectivity index (χ0n) is 17.8. The lowest BCUT2D eigenvalue weighted by molar-refractivity contribution is -0.125. The molecule has 1 saturated heterocycles. The molecule has 4 rings (SSSR count). The lowest BCUT2D eigenvalue weighted by Gasteiger charge is -2.31. The predicted octanol–water partition coefficient (Wildman–Crippen LogP) is 2.12. The fourth-order valence-corrected chi connectivity index (χ4v) is 4.71. The lowest BCUT2D eigenvalue weighted by Crippen LogP contribution is -2.43. The third-order valence-electron chi connectivity index (χ3n) is 5.31. The molecule has 9 nitrogen and oxygen atoms in total. The molecule has 1 aliphatic rings. The number of amides is 2. The Kier molecular flexibility index (Phi) is 6.63. The number of halogens is 2. The van der Waals surface area contributed by atoms with Crippen molar-refractivity contribution in [2.75, 3.05) is 29.9 Å². The van der Waals surface area contributed by atoms with Crippen LogP contribution in [-0.4, -0.2) is 46.0 Å². The number of hydrogen-bond acceptors (Lipinski definition) is 7. The Morgan fingerprint density at radius 2 is 2.12 bits per heavy atom. The number of carbonyl (C=O) groups excluding carboxylic acids is 2. The molecule has 1 aromatic carbocycles. The second kappa shape index (κ2) is 9.61. The molecule has 1 aliphatic heterocycles. The van der Waals surface area contributed by atoms with Gasteiger partial charge >= 0.3 is 0 Å². The Balaban J connectivity index is 1.50. The molecule has 0 bridgehead atoms. The zero-order chi connectivity index (χ0) is 23.5. The van der Waals surface area contributed by atoms with Crippen LogP contribution in [0.3, 0.4) is 0 Å². The van der Waals surface area contributed by atoms with Crippen molar-refractivity contribution in [3.63, 3.8) is 0 Å². The number of nitrogens with zero attached hydrogens (tertiary/aromatic N) is 4. The van der Waals surface area contributed by atoms with Crippen molar-refractivity contribution in [2.24, 2.45) is 5.92 Å². The monoisotopic (exact) mass is 476 g/mol. The SMILES string of the molecule is CCNC(=O)C1CCCN(c2nc3ncn(CC(=O)Nc4ccc(F)cc4F)c(=O)c3s2)C1. The number of anilines is 2. The van der Waals surface area contributed by atoms with Crippen LogP contribution >= 0.6 is 11.3 Å². The van der Waals surface area contributed by atoms with E-state index in [0.717, 1.165) is 47.4 Å². The van der Waals surface area contributed by atoms with Crippen molar-refractivity contribution >= 4 is 44.3 Å². The van der Waals surface area contributed by atoms with Crippen molar-refractivity contribution in [1.29, 1.82) is 0 Å². The Hall–Kier alpha value is -3.41. The molecule has 12 heteroatoms. The standard InChI is InChI=1S/C21H22F2N6O3S/c1-2-24-19(31)12-4-3-7-28(9-12)21-27-18-17(33-21)20(32)29(11-25-18)10-16(30)26-15-6-5-13(22)8-14(15)23/h5-6,8,11-12H,2-4,7,9-10H2,1H3,(H,24,31)(H,26,30). The molecule has 2 aromatic heterocycles. The molecule has 0 spiro atoms. The molecule has 1 unspecified atom stereocenters. The number of thiazole rings is 1. The number of piperidine rings is 1. The van der Waals surface area contributed by atoms with Crippen LogP contribution in [-0.2, 0) is 16.1 Å². The van der Waals surface area contributed by atoms with Crippen molar-refractivity contribution in [2.45, 2.75) is 26.3 Å². The smallest absolute Gasteiger partial charge is 0.273 e. The third kappa shape index (κ3) is 5.00. The molecule has 0 aliphatic carbocycles. The summed E-state index contributed by atoms with van der Waals surface area (Å²) in [5.41, 5.74) is -0.368. The molecular weight excluding hydrogens is 454 g/mol. The number of carbonyl (C=O) groups is 2. The van der Waals surface area contributed by atoms with Gasteiger partial charge in [0.25, 0.3) is 5.56 Å². The summed E-state index contributed by atoms with van der Waals surface area (Å²) in [6.07, 6.45) is 2.83. The van der Waals surface area contributed by atoms with Gasteiger partial charge in [0, 0.05) is 25.7 Å². The average Bonchev–Trinajstić information content (AvgIpc) is 3.23. The van der Waals surface area contributed by atoms with Crippen LogP contribution in [0.15, 0.2) is 29.3 Å². The summed E-state index contributed by atoms with van der Waals surface area (Å²) in [6.45, 7) is 3.27. The molecular formula is C21H22F2N6O3S. The Morgan fingerprint density at radius 3 is 2.88 bits per heavy atom. The van der Waals surface area contributed by atoms with Crippen molar-refractivity contribution in [1.82, 2.24) is 19.9 Å². The fourth-order valence-electron chi connectivity index (χ4n) is 3.70. The number of nitrogens with one attached hydrogen (secondary N) is 2. The minimum Gasteiger partial charge on any atom is -0.356 e. The van der Waals surface area contributed by atoms with E-state index in [4.69, 9.17) is 0 Å². The first-order valence-electron chi connectivity index (χ1n) is 10.5. The maximum Gasteiger partial charge on any atom is 0.273 e. The summed E-state index contributed by atoms with van der Waals surface area (Å²) in [7, 11) is 0. The quantitative estimate of drug-likeness (QED) is 0.564. The first-order chi connectivity index (χ1) is 15.9. The maximum absolute atomic E-state index is 13.8. The van der Waals surface area contributed by atoms with E-state index in [2.05, 4.69) is 20.6 Å². The van der Waals surface area contributed by atoms with Gasteiger partial charge in [0.05, 0.1) is 11.6 Å². The van der Waals surface area contributed by atoms with E-state index in [9.17, 15) is 23.2 Å². The molecule has 0 radical (unpaired) electrons. The van der Waals surface area contributed by atoms with E-state index in [1.807, 2.05) is 11.8 Å². The zero-order valence-corrected chi connectivity index (χ0v) is 18.6. The lowest BCUT2D eigenvalue weighted by atomic mass is 9.97. The highest BCUT2D eigenvalue weighted by atomic mass is 32.1. The second-order valence-corrected chi connectivity index (χ2v) is 8.66. The third-order valence-corrected chi connectivity index (χ3v) is 6.40. The summed E-state index contributed by atoms with van der Waals surface area (Å²) < 4.78 is 28.2. The van der Waals surface area contributed by atoms with Gasteiger partial charge in [-0.15, -0.1) is 0 Å². The van der Waals surface area contributed by atoms with E-state index in [1.165, 1.54) is 6.33 Å². The van der Waals surface area contributed by atoms with E-state index >= 15 is 0 Å². The first-order valence-corrected chi connectivity index (χ1v) is 11.3. The van der Waals surface area contributed by atoms with Crippen LogP contribution < -0.4 is 21.1 Å². The molecule has 2 N–H and O–H groups in total. The van der Waals surface area contributed by atoms with E-state index in [1.54, 1.807) is 0 Å². The molecule has 1 atom stereocenters. The van der Waals surface area contributed by atoms with Gasteiger partial charge in [-0.05, 0) is 31.9 Å². The normalized spacial score (nSPS) is 16.1. The van der Waals surface area contributed by atoms with Crippen molar-refractivity contribution < 1.29 is 18.4 Å². The minimum absolute atomic E-state index is 0.00685. The number of benzene rings is 1. The van der Waals surface area contributed by atoms with Crippen molar-refractivity contribution in [3.8, 4) is 0 Å². The van der Waals surface area contributed by atoms with Crippen LogP contribution in [0.2, 0.25) is 0 Å². The highest BCUT2D eigenvalue weighted by Gasteiger charge is 2.27. The number of hydrogen-bond donors (Lipinski definition) is 2. The topological polar surface area (TPSA) is 109 Å². The Labute approximate surface area is 191 Å². The van der Waals surface area contributed by atoms with Gasteiger partial charge in [0.2, 0.25) is 11.8 Å². The molecule has 0 saturated carbocycles. The summed E-state index contributed by atoms with van der Waals surface area (Å²) in [5.74, 6) is -2.47. The molecule has 2 amide bonds. The van der Waals surface area contributed by atoms with Gasteiger partial charge < -0.3 is 15.5 Å². The van der Waals surface area contributed by atoms with E-state index < -0.39 is 29.6 Å². The largest absolute Gasteiger partial charge is 0.356 e. The number of rotatable bonds is 6. The summed E-state index contributed by atoms with van der Waals surface area (Å²) in [5, 5.41) is 5.76. The molecule has 3 aromatic rings. The van der Waals surface area contributed by atoms with Gasteiger partial charge in [0.15, 0.2) is 10.8 Å². The fraction of sp³-hybridized carbons (Fsp3) is 0.381. The molecule has 33 heavy (non-hydrogen) atoms. The number of fused-ring (bicyclic) bond motifs is 1. The van der Waals surface area contributed by atoms with Crippen LogP contribution in [0.4, 0.5) is 19.6 Å². The van der Waals surface area contributed by atoms with E-state index in [0.29, 0.717) is 24.3 Å². The first kappa shape index (κ1) is 22.8. The summed E-state index contributed by atoms with van der Waals surface area (Å²) in [4.78, 5) is 48.0. The number of aromatic nitrogens is 3. The molecule has 3 heterocycles. The predicted molar refractivity (Wildman–Crippen MR) is 120 cm³/mol. The van der Waals surface area contributed by atoms with Crippen LogP contribution in [0, 0.1) is 17.6 Å². The van der Waals surface area contributed by atoms with Crippen LogP contribution in [0.1, 0.15) is 19.8 Å². The molecule has 1 fully saturated rings. The van der Waals surface area contributed by atoms with Gasteiger partial charge in [-0.1, -0.05) is 11.3 Å². The average molecular weight is 477 g/mol. The van der Waals surface area contributed by atoms with Crippen LogP contribution in [0.25, 0.3) is 10.3 Å². The highest BCUT2D eigenvalue weighted by molar-refractivity contribution is 7.22. The Morgan fingerprint density at radius 1 is 1.30 bits per heavy atom. The second-order valence-electron chi connectivity index (χ2n) is 7.68. The Bertz CT molecular complexity index is 1260. The van der Waals surface area contributed by atoms with E-state index in [-0.39, 0.29) is 27.9 Å². The van der Waals surface area contributed by atoms with Crippen LogP contribution in [0.5, 0.6) is 0 Å². The maximum atomic E-state index is 13.8. The summed E-state index contributed by atoms with van der Waals surface area (Å²) >= 11 is 1.16.